The minimum atomic E-state index is -0.464. The molecule has 0 fully saturated rings. The molecule has 0 aliphatic heterocycles. The van der Waals surface area contributed by atoms with Crippen molar-refractivity contribution in [3.8, 4) is 0 Å². The van der Waals surface area contributed by atoms with E-state index in [9.17, 15) is 5.11 Å². The summed E-state index contributed by atoms with van der Waals surface area (Å²) in [4.78, 5) is 2.19. The summed E-state index contributed by atoms with van der Waals surface area (Å²) in [7, 11) is 0. The summed E-state index contributed by atoms with van der Waals surface area (Å²) in [5.74, 6) is 0. The van der Waals surface area contributed by atoms with Crippen LogP contribution in [0.4, 0.5) is 0 Å². The van der Waals surface area contributed by atoms with Gasteiger partial charge in [0.2, 0.25) is 0 Å². The van der Waals surface area contributed by atoms with Gasteiger partial charge in [-0.3, -0.25) is 4.90 Å². The number of hydrogen-bond acceptors (Lipinski definition) is 4. The van der Waals surface area contributed by atoms with Crippen LogP contribution in [0, 0.1) is 0 Å². The summed E-state index contributed by atoms with van der Waals surface area (Å²) in [6.07, 6.45) is -0.464. The van der Waals surface area contributed by atoms with Gasteiger partial charge in [0.05, 0.1) is 12.7 Å². The van der Waals surface area contributed by atoms with E-state index in [0.29, 0.717) is 19.7 Å². The fraction of sp³-hybridized carbons (Fsp3) is 0.600. The molecule has 1 unspecified atom stereocenters. The number of ether oxygens (including phenoxy) is 1. The molecule has 0 spiro atoms. The van der Waals surface area contributed by atoms with Crippen molar-refractivity contribution >= 4 is 0 Å². The molecule has 1 aromatic carbocycles. The van der Waals surface area contributed by atoms with E-state index >= 15 is 0 Å². The molecular weight excluding hydrogens is 240 g/mol. The molecule has 1 rings (SSSR count). The monoisotopic (exact) mass is 266 g/mol. The number of aliphatic hydroxyl groups is 1. The first kappa shape index (κ1) is 16.1. The first-order valence-corrected chi connectivity index (χ1v) is 6.98. The van der Waals surface area contributed by atoms with E-state index in [2.05, 4.69) is 11.8 Å². The van der Waals surface area contributed by atoms with Crippen LogP contribution in [0.1, 0.15) is 31.1 Å². The van der Waals surface area contributed by atoms with Gasteiger partial charge in [0.25, 0.3) is 0 Å². The zero-order chi connectivity index (χ0) is 14.1. The largest absolute Gasteiger partial charge is 0.387 e. The summed E-state index contributed by atoms with van der Waals surface area (Å²) in [6.45, 7) is 8.45. The third-order valence-corrected chi connectivity index (χ3v) is 3.23. The lowest BCUT2D eigenvalue weighted by molar-refractivity contribution is 0.0792. The number of rotatable bonds is 9. The van der Waals surface area contributed by atoms with Crippen LogP contribution in [0.15, 0.2) is 24.3 Å². The van der Waals surface area contributed by atoms with Gasteiger partial charge in [-0.1, -0.05) is 31.2 Å². The van der Waals surface area contributed by atoms with Gasteiger partial charge in [-0.05, 0) is 24.6 Å². The molecule has 0 saturated heterocycles. The Morgan fingerprint density at radius 1 is 1.26 bits per heavy atom. The van der Waals surface area contributed by atoms with Gasteiger partial charge in [0.1, 0.15) is 0 Å². The van der Waals surface area contributed by atoms with Crippen molar-refractivity contribution in [2.75, 3.05) is 32.8 Å². The molecule has 0 amide bonds. The summed E-state index contributed by atoms with van der Waals surface area (Å²) in [5, 5.41) is 10.2. The minimum Gasteiger partial charge on any atom is -0.387 e. The molecule has 1 aromatic rings. The molecule has 4 heteroatoms. The van der Waals surface area contributed by atoms with Crippen molar-refractivity contribution in [1.82, 2.24) is 4.90 Å². The molecule has 4 nitrogen and oxygen atoms in total. The second kappa shape index (κ2) is 9.04. The maximum absolute atomic E-state index is 10.2. The smallest absolute Gasteiger partial charge is 0.0916 e. The Kier molecular flexibility index (Phi) is 7.67. The van der Waals surface area contributed by atoms with Crippen LogP contribution < -0.4 is 5.73 Å². The zero-order valence-electron chi connectivity index (χ0n) is 12.0. The Labute approximate surface area is 116 Å². The molecule has 0 aromatic heterocycles. The molecule has 0 aliphatic rings. The van der Waals surface area contributed by atoms with Crippen LogP contribution in [-0.4, -0.2) is 42.9 Å². The highest BCUT2D eigenvalue weighted by Gasteiger charge is 2.12. The van der Waals surface area contributed by atoms with Crippen molar-refractivity contribution < 1.29 is 9.84 Å². The van der Waals surface area contributed by atoms with Crippen LogP contribution in [0.5, 0.6) is 0 Å². The predicted octanol–water partition coefficient (Wildman–Crippen LogP) is 1.54. The van der Waals surface area contributed by atoms with Crippen LogP contribution in [0.2, 0.25) is 0 Å². The van der Waals surface area contributed by atoms with E-state index in [-0.39, 0.29) is 0 Å². The average molecular weight is 266 g/mol. The van der Waals surface area contributed by atoms with E-state index in [1.54, 1.807) is 0 Å². The van der Waals surface area contributed by atoms with Gasteiger partial charge in [0.15, 0.2) is 0 Å². The van der Waals surface area contributed by atoms with Crippen LogP contribution in [0.25, 0.3) is 0 Å². The van der Waals surface area contributed by atoms with Gasteiger partial charge >= 0.3 is 0 Å². The molecule has 0 heterocycles. The number of benzene rings is 1. The molecule has 0 bridgehead atoms. The van der Waals surface area contributed by atoms with Crippen molar-refractivity contribution in [3.63, 3.8) is 0 Å². The predicted molar refractivity (Wildman–Crippen MR) is 77.9 cm³/mol. The fourth-order valence-corrected chi connectivity index (χ4v) is 1.94. The molecule has 0 aliphatic carbocycles. The van der Waals surface area contributed by atoms with Crippen LogP contribution >= 0.6 is 0 Å². The Bertz CT molecular complexity index is 341. The van der Waals surface area contributed by atoms with E-state index in [1.807, 2.05) is 31.2 Å². The maximum Gasteiger partial charge on any atom is 0.0916 e. The topological polar surface area (TPSA) is 58.7 Å². The second-order valence-electron chi connectivity index (χ2n) is 4.55. The highest BCUT2D eigenvalue weighted by atomic mass is 16.5. The van der Waals surface area contributed by atoms with Gasteiger partial charge < -0.3 is 15.6 Å². The standard InChI is InChI=1S/C15H26N2O2/c1-3-17(9-10-19-4-2)12-15(18)14-7-5-13(11-16)6-8-14/h5-8,15,18H,3-4,9-12,16H2,1-2H3. The normalized spacial score (nSPS) is 12.9. The Morgan fingerprint density at radius 3 is 2.47 bits per heavy atom. The number of likely N-dealkylation sites (N-methyl/N-ethyl adjacent to an activating group) is 1. The summed E-state index contributed by atoms with van der Waals surface area (Å²) >= 11 is 0. The van der Waals surface area contributed by atoms with Crippen LogP contribution in [0.3, 0.4) is 0 Å². The lowest BCUT2D eigenvalue weighted by Gasteiger charge is -2.23. The first-order valence-electron chi connectivity index (χ1n) is 6.98. The molecule has 19 heavy (non-hydrogen) atoms. The molecular formula is C15H26N2O2. The molecule has 3 N–H and O–H groups in total. The van der Waals surface area contributed by atoms with Gasteiger partial charge in [0, 0.05) is 26.2 Å². The third-order valence-electron chi connectivity index (χ3n) is 3.23. The molecule has 108 valence electrons. The minimum absolute atomic E-state index is 0.464. The molecule has 0 radical (unpaired) electrons. The van der Waals surface area contributed by atoms with Crippen molar-refractivity contribution in [2.45, 2.75) is 26.5 Å². The van der Waals surface area contributed by atoms with Crippen molar-refractivity contribution in [2.24, 2.45) is 5.73 Å². The quantitative estimate of drug-likeness (QED) is 0.666. The number of nitrogens with zero attached hydrogens (tertiary/aromatic N) is 1. The fourth-order valence-electron chi connectivity index (χ4n) is 1.94. The Hall–Kier alpha value is -0.940. The SMILES string of the molecule is CCOCCN(CC)CC(O)c1ccc(CN)cc1. The summed E-state index contributed by atoms with van der Waals surface area (Å²) in [6, 6.07) is 7.83. The highest BCUT2D eigenvalue weighted by Crippen LogP contribution is 2.15. The number of nitrogens with two attached hydrogens (primary N) is 1. The summed E-state index contributed by atoms with van der Waals surface area (Å²) in [5.41, 5.74) is 7.58. The van der Waals surface area contributed by atoms with E-state index in [1.165, 1.54) is 0 Å². The third kappa shape index (κ3) is 5.70. The number of aliphatic hydroxyl groups excluding tert-OH is 1. The Balaban J connectivity index is 2.48. The van der Waals surface area contributed by atoms with Gasteiger partial charge in [-0.15, -0.1) is 0 Å². The van der Waals surface area contributed by atoms with Crippen molar-refractivity contribution in [3.05, 3.63) is 35.4 Å². The zero-order valence-corrected chi connectivity index (χ0v) is 12.0. The van der Waals surface area contributed by atoms with Gasteiger partial charge in [-0.25, -0.2) is 0 Å². The highest BCUT2D eigenvalue weighted by molar-refractivity contribution is 5.24. The molecule has 0 saturated carbocycles. The summed E-state index contributed by atoms with van der Waals surface area (Å²) < 4.78 is 5.35. The lowest BCUT2D eigenvalue weighted by Crippen LogP contribution is -2.31. The molecule has 1 atom stereocenters. The Morgan fingerprint density at radius 2 is 1.95 bits per heavy atom. The van der Waals surface area contributed by atoms with Crippen molar-refractivity contribution in [1.29, 1.82) is 0 Å². The maximum atomic E-state index is 10.2. The lowest BCUT2D eigenvalue weighted by atomic mass is 10.1. The van der Waals surface area contributed by atoms with E-state index in [0.717, 1.165) is 30.8 Å². The average Bonchev–Trinajstić information content (AvgIpc) is 2.46. The second-order valence-corrected chi connectivity index (χ2v) is 4.55. The van der Waals surface area contributed by atoms with E-state index < -0.39 is 6.10 Å². The van der Waals surface area contributed by atoms with E-state index in [4.69, 9.17) is 10.5 Å². The first-order chi connectivity index (χ1) is 9.21. The van der Waals surface area contributed by atoms with Crippen LogP contribution in [-0.2, 0) is 11.3 Å². The van der Waals surface area contributed by atoms with Gasteiger partial charge in [-0.2, -0.15) is 0 Å². The number of hydrogen-bond donors (Lipinski definition) is 2.